The molecule has 1 saturated carbocycles. The Morgan fingerprint density at radius 2 is 1.88 bits per heavy atom. The van der Waals surface area contributed by atoms with Gasteiger partial charge in [-0.1, -0.05) is 33.1 Å². The third-order valence-corrected chi connectivity index (χ3v) is 4.06. The van der Waals surface area contributed by atoms with Gasteiger partial charge in [-0.3, -0.25) is 0 Å². The first-order valence-electron chi connectivity index (χ1n) is 7.08. The van der Waals surface area contributed by atoms with Crippen molar-refractivity contribution in [1.29, 1.82) is 0 Å². The second-order valence-electron chi connectivity index (χ2n) is 5.61. The van der Waals surface area contributed by atoms with E-state index in [1.54, 1.807) is 0 Å². The molecule has 2 N–H and O–H groups in total. The van der Waals surface area contributed by atoms with Crippen LogP contribution in [-0.4, -0.2) is 23.8 Å². The van der Waals surface area contributed by atoms with E-state index in [4.69, 9.17) is 0 Å². The zero-order valence-electron chi connectivity index (χ0n) is 11.1. The highest BCUT2D eigenvalue weighted by atomic mass is 16.3. The van der Waals surface area contributed by atoms with Gasteiger partial charge in [-0.25, -0.2) is 0 Å². The van der Waals surface area contributed by atoms with Crippen LogP contribution in [0.2, 0.25) is 0 Å². The minimum Gasteiger partial charge on any atom is -0.394 e. The number of unbranched alkanes of at least 4 members (excludes halogenated alkanes) is 3. The minimum absolute atomic E-state index is 0.0543. The van der Waals surface area contributed by atoms with Gasteiger partial charge in [-0.2, -0.15) is 0 Å². The molecule has 0 bridgehead atoms. The summed E-state index contributed by atoms with van der Waals surface area (Å²) in [6.45, 7) is 5.95. The van der Waals surface area contributed by atoms with Crippen LogP contribution in [0, 0.1) is 5.92 Å². The smallest absolute Gasteiger partial charge is 0.0613 e. The average molecular weight is 227 g/mol. The fourth-order valence-corrected chi connectivity index (χ4v) is 2.61. The Balaban J connectivity index is 2.20. The summed E-state index contributed by atoms with van der Waals surface area (Å²) in [6, 6.07) is 0. The Morgan fingerprint density at radius 3 is 2.44 bits per heavy atom. The summed E-state index contributed by atoms with van der Waals surface area (Å²) in [5.41, 5.74) is 0.0543. The van der Waals surface area contributed by atoms with Crippen molar-refractivity contribution < 1.29 is 5.11 Å². The SMILES string of the molecule is CCCCCCNC1(CO)CCC(C)CC1. The third-order valence-electron chi connectivity index (χ3n) is 4.06. The second kappa shape index (κ2) is 7.29. The highest BCUT2D eigenvalue weighted by Gasteiger charge is 2.32. The van der Waals surface area contributed by atoms with Crippen LogP contribution in [0.5, 0.6) is 0 Å². The van der Waals surface area contributed by atoms with E-state index in [2.05, 4.69) is 19.2 Å². The van der Waals surface area contributed by atoms with E-state index in [1.807, 2.05) is 0 Å². The van der Waals surface area contributed by atoms with Gasteiger partial charge in [-0.05, 0) is 44.6 Å². The standard InChI is InChI=1S/C14H29NO/c1-3-4-5-6-11-15-14(12-16)9-7-13(2)8-10-14/h13,15-16H,3-12H2,1-2H3. The molecular weight excluding hydrogens is 198 g/mol. The summed E-state index contributed by atoms with van der Waals surface area (Å²) in [5, 5.41) is 13.2. The predicted octanol–water partition coefficient (Wildman–Crippen LogP) is 3.10. The van der Waals surface area contributed by atoms with Crippen molar-refractivity contribution in [3.8, 4) is 0 Å². The first-order chi connectivity index (χ1) is 7.72. The van der Waals surface area contributed by atoms with Gasteiger partial charge in [0.1, 0.15) is 0 Å². The Kier molecular flexibility index (Phi) is 6.37. The molecule has 0 heterocycles. The number of rotatable bonds is 7. The van der Waals surface area contributed by atoms with Gasteiger partial charge < -0.3 is 10.4 Å². The van der Waals surface area contributed by atoms with Gasteiger partial charge in [-0.15, -0.1) is 0 Å². The molecule has 0 unspecified atom stereocenters. The number of aliphatic hydroxyl groups is 1. The van der Waals surface area contributed by atoms with Gasteiger partial charge in [0.25, 0.3) is 0 Å². The topological polar surface area (TPSA) is 32.3 Å². The molecule has 0 atom stereocenters. The fourth-order valence-electron chi connectivity index (χ4n) is 2.61. The molecule has 0 amide bonds. The molecular formula is C14H29NO. The van der Waals surface area contributed by atoms with E-state index >= 15 is 0 Å². The maximum absolute atomic E-state index is 9.57. The van der Waals surface area contributed by atoms with Crippen LogP contribution in [0.25, 0.3) is 0 Å². The summed E-state index contributed by atoms with van der Waals surface area (Å²) in [4.78, 5) is 0. The van der Waals surface area contributed by atoms with Crippen LogP contribution in [0.1, 0.15) is 65.2 Å². The molecule has 0 aromatic rings. The Hall–Kier alpha value is -0.0800. The summed E-state index contributed by atoms with van der Waals surface area (Å²) in [6.07, 6.45) is 10.0. The number of nitrogens with one attached hydrogen (secondary N) is 1. The lowest BCUT2D eigenvalue weighted by atomic mass is 9.77. The minimum atomic E-state index is 0.0543. The van der Waals surface area contributed by atoms with Crippen LogP contribution < -0.4 is 5.32 Å². The molecule has 16 heavy (non-hydrogen) atoms. The van der Waals surface area contributed by atoms with Gasteiger partial charge in [0, 0.05) is 5.54 Å². The summed E-state index contributed by atoms with van der Waals surface area (Å²) in [5.74, 6) is 0.849. The van der Waals surface area contributed by atoms with Gasteiger partial charge in [0.15, 0.2) is 0 Å². The molecule has 2 nitrogen and oxygen atoms in total. The van der Waals surface area contributed by atoms with E-state index in [0.29, 0.717) is 6.61 Å². The molecule has 96 valence electrons. The molecule has 2 heteroatoms. The lowest BCUT2D eigenvalue weighted by molar-refractivity contribution is 0.105. The third kappa shape index (κ3) is 4.42. The first kappa shape index (κ1) is 14.0. The van der Waals surface area contributed by atoms with Crippen LogP contribution in [-0.2, 0) is 0 Å². The van der Waals surface area contributed by atoms with Crippen LogP contribution in [0.3, 0.4) is 0 Å². The van der Waals surface area contributed by atoms with Crippen molar-refractivity contribution in [2.45, 2.75) is 70.8 Å². The maximum atomic E-state index is 9.57. The predicted molar refractivity (Wildman–Crippen MR) is 69.6 cm³/mol. The maximum Gasteiger partial charge on any atom is 0.0613 e. The zero-order chi connectivity index (χ0) is 11.9. The quantitative estimate of drug-likeness (QED) is 0.655. The molecule has 1 aliphatic rings. The van der Waals surface area contributed by atoms with E-state index < -0.39 is 0 Å². The van der Waals surface area contributed by atoms with E-state index in [0.717, 1.165) is 25.3 Å². The fraction of sp³-hybridized carbons (Fsp3) is 1.00. The van der Waals surface area contributed by atoms with Crippen LogP contribution in [0.15, 0.2) is 0 Å². The number of hydrogen-bond acceptors (Lipinski definition) is 2. The lowest BCUT2D eigenvalue weighted by Crippen LogP contribution is -2.51. The molecule has 1 rings (SSSR count). The zero-order valence-corrected chi connectivity index (χ0v) is 11.1. The van der Waals surface area contributed by atoms with Crippen molar-refractivity contribution in [3.05, 3.63) is 0 Å². The van der Waals surface area contributed by atoms with Crippen molar-refractivity contribution in [1.82, 2.24) is 5.32 Å². The molecule has 0 spiro atoms. The molecule has 0 aromatic heterocycles. The molecule has 0 saturated heterocycles. The van der Waals surface area contributed by atoms with Crippen molar-refractivity contribution in [2.24, 2.45) is 5.92 Å². The Labute approximate surface area is 101 Å². The molecule has 0 aliphatic heterocycles. The van der Waals surface area contributed by atoms with Gasteiger partial charge >= 0.3 is 0 Å². The molecule has 1 aliphatic carbocycles. The highest BCUT2D eigenvalue weighted by molar-refractivity contribution is 4.91. The number of hydrogen-bond donors (Lipinski definition) is 2. The van der Waals surface area contributed by atoms with Crippen molar-refractivity contribution >= 4 is 0 Å². The first-order valence-corrected chi connectivity index (χ1v) is 7.08. The monoisotopic (exact) mass is 227 g/mol. The van der Waals surface area contributed by atoms with E-state index in [9.17, 15) is 5.11 Å². The Bertz CT molecular complexity index is 174. The lowest BCUT2D eigenvalue weighted by Gasteiger charge is -2.39. The summed E-state index contributed by atoms with van der Waals surface area (Å²) in [7, 11) is 0. The summed E-state index contributed by atoms with van der Waals surface area (Å²) < 4.78 is 0. The van der Waals surface area contributed by atoms with E-state index in [1.165, 1.54) is 38.5 Å². The second-order valence-corrected chi connectivity index (χ2v) is 5.61. The summed E-state index contributed by atoms with van der Waals surface area (Å²) >= 11 is 0. The van der Waals surface area contributed by atoms with Crippen LogP contribution >= 0.6 is 0 Å². The van der Waals surface area contributed by atoms with E-state index in [-0.39, 0.29) is 5.54 Å². The normalized spacial score (nSPS) is 30.6. The van der Waals surface area contributed by atoms with Gasteiger partial charge in [0.05, 0.1) is 6.61 Å². The largest absolute Gasteiger partial charge is 0.394 e. The van der Waals surface area contributed by atoms with Crippen LogP contribution in [0.4, 0.5) is 0 Å². The average Bonchev–Trinajstić information content (AvgIpc) is 2.32. The van der Waals surface area contributed by atoms with Crippen molar-refractivity contribution in [3.63, 3.8) is 0 Å². The number of aliphatic hydroxyl groups excluding tert-OH is 1. The molecule has 0 aromatic carbocycles. The Morgan fingerprint density at radius 1 is 1.19 bits per heavy atom. The van der Waals surface area contributed by atoms with Gasteiger partial charge in [0.2, 0.25) is 0 Å². The molecule has 1 fully saturated rings. The highest BCUT2D eigenvalue weighted by Crippen LogP contribution is 2.31. The molecule has 0 radical (unpaired) electrons. The van der Waals surface area contributed by atoms with Crippen molar-refractivity contribution in [2.75, 3.05) is 13.2 Å².